The van der Waals surface area contributed by atoms with Gasteiger partial charge >= 0.3 is 5.97 Å². The number of aromatic amines is 1. The van der Waals surface area contributed by atoms with Gasteiger partial charge in [0.25, 0.3) is 0 Å². The van der Waals surface area contributed by atoms with Crippen LogP contribution in [0.1, 0.15) is 56.3 Å². The summed E-state index contributed by atoms with van der Waals surface area (Å²) in [6, 6.07) is 6.90. The Morgan fingerprint density at radius 2 is 1.80 bits per heavy atom. The minimum atomic E-state index is -0.978. The van der Waals surface area contributed by atoms with Gasteiger partial charge in [-0.3, -0.25) is 9.59 Å². The number of hydrogen-bond donors (Lipinski definition) is 2. The number of ketones is 2. The second-order valence-corrected chi connectivity index (χ2v) is 5.89. The Balaban J connectivity index is 2.22. The lowest BCUT2D eigenvalue weighted by molar-refractivity contribution is 0.0318. The Morgan fingerprint density at radius 3 is 2.36 bits per heavy atom. The van der Waals surface area contributed by atoms with Crippen molar-refractivity contribution in [2.45, 2.75) is 33.8 Å². The van der Waals surface area contributed by atoms with Crippen molar-refractivity contribution in [1.29, 1.82) is 0 Å². The predicted molar refractivity (Wildman–Crippen MR) is 95.5 cm³/mol. The molecule has 132 valence electrons. The van der Waals surface area contributed by atoms with Crippen LogP contribution < -0.4 is 5.32 Å². The second kappa shape index (κ2) is 7.34. The zero-order valence-corrected chi connectivity index (χ0v) is 15.0. The molecule has 1 aromatic carbocycles. The van der Waals surface area contributed by atoms with Gasteiger partial charge in [-0.1, -0.05) is 12.1 Å². The minimum absolute atomic E-state index is 0.113. The van der Waals surface area contributed by atoms with Crippen molar-refractivity contribution < 1.29 is 19.1 Å². The molecule has 0 aliphatic rings. The smallest absolute Gasteiger partial charge is 0.340 e. The molecule has 2 aromatic rings. The number of H-pyrrole nitrogens is 1. The van der Waals surface area contributed by atoms with Gasteiger partial charge in [-0.15, -0.1) is 0 Å². The molecule has 0 amide bonds. The maximum Gasteiger partial charge on any atom is 0.340 e. The van der Waals surface area contributed by atoms with Gasteiger partial charge in [0.05, 0.1) is 11.3 Å². The summed E-state index contributed by atoms with van der Waals surface area (Å²) in [7, 11) is 1.70. The molecule has 0 fully saturated rings. The summed E-state index contributed by atoms with van der Waals surface area (Å²) < 4.78 is 5.33. The third-order valence-electron chi connectivity index (χ3n) is 4.11. The number of Topliss-reactive ketones (excluding diaryl/α,β-unsaturated/α-hetero) is 2. The lowest BCUT2D eigenvalue weighted by atomic mass is 10.0. The number of benzene rings is 1. The highest BCUT2D eigenvalue weighted by Crippen LogP contribution is 2.21. The van der Waals surface area contributed by atoms with E-state index in [-0.39, 0.29) is 11.6 Å². The molecule has 0 aliphatic heterocycles. The molecular weight excluding hydrogens is 320 g/mol. The van der Waals surface area contributed by atoms with E-state index in [0.717, 1.165) is 0 Å². The average Bonchev–Trinajstić information content (AvgIpc) is 2.88. The lowest BCUT2D eigenvalue weighted by Gasteiger charge is -2.14. The van der Waals surface area contributed by atoms with Gasteiger partial charge in [-0.25, -0.2) is 4.79 Å². The summed E-state index contributed by atoms with van der Waals surface area (Å²) in [5.74, 6) is -1.07. The molecule has 0 saturated heterocycles. The van der Waals surface area contributed by atoms with Crippen LogP contribution in [0, 0.1) is 13.8 Å². The van der Waals surface area contributed by atoms with Crippen LogP contribution in [0.25, 0.3) is 0 Å². The standard InChI is InChI=1S/C19H22N2O4/c1-10-16(12(3)22)11(2)21-17(10)18(23)13(4)25-19(24)14-8-6-7-9-15(14)20-5/h6-9,13,20-21H,1-5H3/t13-/m0/s1. The SMILES string of the molecule is CNc1ccccc1C(=O)O[C@@H](C)C(=O)c1[nH]c(C)c(C(C)=O)c1C. The van der Waals surface area contributed by atoms with Gasteiger partial charge in [0.1, 0.15) is 0 Å². The van der Waals surface area contributed by atoms with E-state index in [0.29, 0.717) is 33.8 Å². The highest BCUT2D eigenvalue weighted by molar-refractivity contribution is 6.06. The normalized spacial score (nSPS) is 11.7. The van der Waals surface area contributed by atoms with Gasteiger partial charge in [-0.2, -0.15) is 0 Å². The zero-order chi connectivity index (χ0) is 18.7. The number of nitrogens with one attached hydrogen (secondary N) is 2. The fourth-order valence-electron chi connectivity index (χ4n) is 2.88. The van der Waals surface area contributed by atoms with Crippen LogP contribution in [0.2, 0.25) is 0 Å². The Morgan fingerprint density at radius 1 is 1.16 bits per heavy atom. The van der Waals surface area contributed by atoms with Gasteiger partial charge in [-0.05, 0) is 45.4 Å². The van der Waals surface area contributed by atoms with E-state index < -0.39 is 12.1 Å². The molecule has 1 aromatic heterocycles. The number of aryl methyl sites for hydroxylation is 1. The van der Waals surface area contributed by atoms with Crippen molar-refractivity contribution in [2.75, 3.05) is 12.4 Å². The highest BCUT2D eigenvalue weighted by Gasteiger charge is 2.26. The number of carbonyl (C=O) groups is 3. The first kappa shape index (κ1) is 18.4. The second-order valence-electron chi connectivity index (χ2n) is 5.89. The van der Waals surface area contributed by atoms with Crippen molar-refractivity contribution in [2.24, 2.45) is 0 Å². The largest absolute Gasteiger partial charge is 0.451 e. The Kier molecular flexibility index (Phi) is 5.41. The van der Waals surface area contributed by atoms with Crippen LogP contribution in [-0.2, 0) is 4.74 Å². The number of hydrogen-bond acceptors (Lipinski definition) is 5. The van der Waals surface area contributed by atoms with E-state index in [9.17, 15) is 14.4 Å². The number of rotatable bonds is 6. The first-order chi connectivity index (χ1) is 11.8. The van der Waals surface area contributed by atoms with Crippen molar-refractivity contribution in [3.63, 3.8) is 0 Å². The molecule has 2 N–H and O–H groups in total. The van der Waals surface area contributed by atoms with Crippen LogP contribution in [0.4, 0.5) is 5.69 Å². The predicted octanol–water partition coefficient (Wildman–Crippen LogP) is 3.30. The van der Waals surface area contributed by atoms with Gasteiger partial charge in [0, 0.05) is 24.0 Å². The summed E-state index contributed by atoms with van der Waals surface area (Å²) >= 11 is 0. The number of aromatic nitrogens is 1. The molecule has 6 nitrogen and oxygen atoms in total. The van der Waals surface area contributed by atoms with Crippen molar-refractivity contribution >= 4 is 23.2 Å². The van der Waals surface area contributed by atoms with Gasteiger partial charge in [0.2, 0.25) is 5.78 Å². The van der Waals surface area contributed by atoms with Gasteiger partial charge in [0.15, 0.2) is 11.9 Å². The number of anilines is 1. The fraction of sp³-hybridized carbons (Fsp3) is 0.316. The summed E-state index contributed by atoms with van der Waals surface area (Å²) in [5.41, 5.74) is 2.99. The number of esters is 1. The molecule has 0 radical (unpaired) electrons. The van der Waals surface area contributed by atoms with Crippen molar-refractivity contribution in [1.82, 2.24) is 4.98 Å². The minimum Gasteiger partial charge on any atom is -0.451 e. The maximum absolute atomic E-state index is 12.6. The van der Waals surface area contributed by atoms with Gasteiger partial charge < -0.3 is 15.0 Å². The van der Waals surface area contributed by atoms with Crippen molar-refractivity contribution in [3.8, 4) is 0 Å². The number of para-hydroxylation sites is 1. The van der Waals surface area contributed by atoms with E-state index in [1.807, 2.05) is 0 Å². The molecule has 1 heterocycles. The Hall–Kier alpha value is -2.89. The molecule has 0 aliphatic carbocycles. The van der Waals surface area contributed by atoms with Crippen LogP contribution >= 0.6 is 0 Å². The van der Waals surface area contributed by atoms with E-state index in [2.05, 4.69) is 10.3 Å². The molecule has 0 saturated carbocycles. The Bertz CT molecular complexity index is 836. The molecule has 1 atom stereocenters. The highest BCUT2D eigenvalue weighted by atomic mass is 16.5. The molecule has 0 bridgehead atoms. The van der Waals surface area contributed by atoms with Crippen LogP contribution in [0.5, 0.6) is 0 Å². The molecule has 25 heavy (non-hydrogen) atoms. The van der Waals surface area contributed by atoms with E-state index in [1.165, 1.54) is 13.8 Å². The number of carbonyl (C=O) groups excluding carboxylic acids is 3. The van der Waals surface area contributed by atoms with Crippen LogP contribution in [0.15, 0.2) is 24.3 Å². The summed E-state index contributed by atoms with van der Waals surface area (Å²) in [5, 5.41) is 2.91. The Labute approximate surface area is 146 Å². The summed E-state index contributed by atoms with van der Waals surface area (Å²) in [4.78, 5) is 39.6. The van der Waals surface area contributed by atoms with E-state index in [4.69, 9.17) is 4.74 Å². The van der Waals surface area contributed by atoms with E-state index >= 15 is 0 Å². The third kappa shape index (κ3) is 3.63. The zero-order valence-electron chi connectivity index (χ0n) is 15.0. The third-order valence-corrected chi connectivity index (χ3v) is 4.11. The van der Waals surface area contributed by atoms with E-state index in [1.54, 1.807) is 45.2 Å². The van der Waals surface area contributed by atoms with Crippen LogP contribution in [0.3, 0.4) is 0 Å². The van der Waals surface area contributed by atoms with Crippen molar-refractivity contribution in [3.05, 3.63) is 52.3 Å². The monoisotopic (exact) mass is 342 g/mol. The maximum atomic E-state index is 12.6. The molecule has 0 unspecified atom stereocenters. The lowest BCUT2D eigenvalue weighted by Crippen LogP contribution is -2.25. The van der Waals surface area contributed by atoms with Crippen LogP contribution in [-0.4, -0.2) is 35.7 Å². The first-order valence-corrected chi connectivity index (χ1v) is 8.00. The quantitative estimate of drug-likeness (QED) is 0.621. The molecular formula is C19H22N2O4. The number of ether oxygens (including phenoxy) is 1. The fourth-order valence-corrected chi connectivity index (χ4v) is 2.88. The molecule has 6 heteroatoms. The first-order valence-electron chi connectivity index (χ1n) is 8.00. The molecule has 0 spiro atoms. The summed E-state index contributed by atoms with van der Waals surface area (Å²) in [6.45, 7) is 6.42. The summed E-state index contributed by atoms with van der Waals surface area (Å²) in [6.07, 6.45) is -0.978. The average molecular weight is 342 g/mol. The molecule has 2 rings (SSSR count). The topological polar surface area (TPSA) is 88.3 Å².